The van der Waals surface area contributed by atoms with Gasteiger partial charge in [0, 0.05) is 24.1 Å². The molecule has 0 radical (unpaired) electrons. The molecule has 2 atom stereocenters. The minimum absolute atomic E-state index is 0.0157. The van der Waals surface area contributed by atoms with E-state index in [9.17, 15) is 9.59 Å². The van der Waals surface area contributed by atoms with Crippen molar-refractivity contribution in [2.45, 2.75) is 70.1 Å². The molecular weight excluding hydrogens is 408 g/mol. The molecule has 0 spiro atoms. The second-order valence-electron chi connectivity index (χ2n) is 8.69. The molecule has 1 saturated carbocycles. The van der Waals surface area contributed by atoms with Gasteiger partial charge in [-0.15, -0.1) is 11.3 Å². The third-order valence-electron chi connectivity index (χ3n) is 6.39. The third kappa shape index (κ3) is 5.55. The molecule has 2 fully saturated rings. The number of benzene rings is 1. The Bertz CT molecular complexity index is 871. The van der Waals surface area contributed by atoms with Crippen LogP contribution in [0.4, 0.5) is 0 Å². The molecular formula is C25H32N2O3S. The van der Waals surface area contributed by atoms with Crippen LogP contribution in [0, 0.1) is 6.92 Å². The molecule has 1 aliphatic heterocycles. The van der Waals surface area contributed by atoms with Gasteiger partial charge in [-0.05, 0) is 55.2 Å². The smallest absolute Gasteiger partial charge is 0.247 e. The summed E-state index contributed by atoms with van der Waals surface area (Å²) in [5.74, 6) is -0.0912. The molecule has 31 heavy (non-hydrogen) atoms. The summed E-state index contributed by atoms with van der Waals surface area (Å²) in [6, 6.07) is 11.4. The fourth-order valence-electron chi connectivity index (χ4n) is 4.72. The number of amides is 2. The summed E-state index contributed by atoms with van der Waals surface area (Å²) in [6.07, 6.45) is 6.55. The van der Waals surface area contributed by atoms with E-state index < -0.39 is 6.04 Å². The van der Waals surface area contributed by atoms with Crippen LogP contribution in [-0.4, -0.2) is 42.0 Å². The molecule has 166 valence electrons. The third-order valence-corrected chi connectivity index (χ3v) is 7.27. The molecule has 1 N–H and O–H groups in total. The maximum atomic E-state index is 13.6. The Morgan fingerprint density at radius 1 is 1.13 bits per heavy atom. The van der Waals surface area contributed by atoms with Crippen molar-refractivity contribution in [2.75, 3.05) is 13.2 Å². The summed E-state index contributed by atoms with van der Waals surface area (Å²) in [4.78, 5) is 30.0. The Hall–Kier alpha value is -2.18. The van der Waals surface area contributed by atoms with Crippen molar-refractivity contribution in [1.29, 1.82) is 0 Å². The summed E-state index contributed by atoms with van der Waals surface area (Å²) >= 11 is 1.58. The minimum Gasteiger partial charge on any atom is -0.376 e. The Labute approximate surface area is 188 Å². The van der Waals surface area contributed by atoms with E-state index in [1.165, 1.54) is 0 Å². The molecule has 2 aromatic rings. The normalized spacial score (nSPS) is 20.0. The van der Waals surface area contributed by atoms with Gasteiger partial charge in [0.2, 0.25) is 11.8 Å². The van der Waals surface area contributed by atoms with Crippen molar-refractivity contribution in [3.63, 3.8) is 0 Å². The van der Waals surface area contributed by atoms with Gasteiger partial charge in [-0.25, -0.2) is 0 Å². The predicted molar refractivity (Wildman–Crippen MR) is 123 cm³/mol. The second kappa shape index (κ2) is 10.4. The highest BCUT2D eigenvalue weighted by atomic mass is 32.1. The first-order valence-corrected chi connectivity index (χ1v) is 12.3. The summed E-state index contributed by atoms with van der Waals surface area (Å²) in [5.41, 5.74) is 1.92. The number of rotatable bonds is 8. The molecule has 2 heterocycles. The van der Waals surface area contributed by atoms with Crippen molar-refractivity contribution in [2.24, 2.45) is 0 Å². The van der Waals surface area contributed by atoms with E-state index in [4.69, 9.17) is 4.74 Å². The van der Waals surface area contributed by atoms with Crippen molar-refractivity contribution >= 4 is 23.2 Å². The van der Waals surface area contributed by atoms with Gasteiger partial charge in [-0.2, -0.15) is 0 Å². The molecule has 1 aromatic carbocycles. The number of hydrogen-bond acceptors (Lipinski definition) is 4. The molecule has 1 aliphatic carbocycles. The van der Waals surface area contributed by atoms with Crippen LogP contribution < -0.4 is 5.32 Å². The lowest BCUT2D eigenvalue weighted by Crippen LogP contribution is -2.49. The van der Waals surface area contributed by atoms with Crippen LogP contribution in [0.15, 0.2) is 41.8 Å². The van der Waals surface area contributed by atoms with Crippen LogP contribution in [-0.2, 0) is 20.7 Å². The number of carbonyl (C=O) groups excluding carboxylic acids is 2. The zero-order valence-corrected chi connectivity index (χ0v) is 19.0. The average Bonchev–Trinajstić information content (AvgIpc) is 3.53. The summed E-state index contributed by atoms with van der Waals surface area (Å²) < 4.78 is 5.88. The minimum atomic E-state index is -0.640. The number of ether oxygens (including phenoxy) is 1. The number of carbonyl (C=O) groups is 2. The van der Waals surface area contributed by atoms with Crippen molar-refractivity contribution in [3.8, 4) is 0 Å². The quantitative estimate of drug-likeness (QED) is 0.662. The number of nitrogens with one attached hydrogen (secondary N) is 1. The maximum Gasteiger partial charge on any atom is 0.247 e. The van der Waals surface area contributed by atoms with E-state index in [-0.39, 0.29) is 24.0 Å². The van der Waals surface area contributed by atoms with E-state index in [0.29, 0.717) is 13.0 Å². The molecule has 0 bridgehead atoms. The van der Waals surface area contributed by atoms with E-state index in [1.807, 2.05) is 48.7 Å². The first kappa shape index (κ1) is 22.0. The average molecular weight is 441 g/mol. The highest BCUT2D eigenvalue weighted by Gasteiger charge is 2.36. The number of nitrogens with zero attached hydrogens (tertiary/aromatic N) is 1. The first-order valence-electron chi connectivity index (χ1n) is 11.4. The highest BCUT2D eigenvalue weighted by Crippen LogP contribution is 2.29. The fourth-order valence-corrected chi connectivity index (χ4v) is 5.41. The van der Waals surface area contributed by atoms with Gasteiger partial charge in [0.1, 0.15) is 6.04 Å². The summed E-state index contributed by atoms with van der Waals surface area (Å²) in [7, 11) is 0. The maximum absolute atomic E-state index is 13.6. The molecule has 2 unspecified atom stereocenters. The van der Waals surface area contributed by atoms with Gasteiger partial charge in [0.05, 0.1) is 12.5 Å². The van der Waals surface area contributed by atoms with Gasteiger partial charge >= 0.3 is 0 Å². The fraction of sp³-hybridized carbons (Fsp3) is 0.520. The summed E-state index contributed by atoms with van der Waals surface area (Å²) in [6.45, 7) is 3.18. The number of aryl methyl sites for hydroxylation is 1. The van der Waals surface area contributed by atoms with Crippen molar-refractivity contribution in [1.82, 2.24) is 10.2 Å². The zero-order valence-electron chi connectivity index (χ0n) is 18.2. The van der Waals surface area contributed by atoms with Crippen molar-refractivity contribution in [3.05, 3.63) is 57.8 Å². The molecule has 1 aromatic heterocycles. The zero-order chi connectivity index (χ0) is 21.6. The SMILES string of the molecule is Cc1ccccc1C(C(=O)NC1CCCC1)N(CC1CCCO1)C(=O)Cc1cccs1. The molecule has 6 heteroatoms. The monoisotopic (exact) mass is 440 g/mol. The van der Waals surface area contributed by atoms with Crippen molar-refractivity contribution < 1.29 is 14.3 Å². The lowest BCUT2D eigenvalue weighted by Gasteiger charge is -2.34. The van der Waals surface area contributed by atoms with E-state index in [2.05, 4.69) is 5.32 Å². The highest BCUT2D eigenvalue weighted by molar-refractivity contribution is 7.10. The number of thiophene rings is 1. The Morgan fingerprint density at radius 2 is 1.94 bits per heavy atom. The van der Waals surface area contributed by atoms with Crippen LogP contribution in [0.1, 0.15) is 60.6 Å². The second-order valence-corrected chi connectivity index (χ2v) is 9.72. The predicted octanol–water partition coefficient (Wildman–Crippen LogP) is 4.41. The van der Waals surface area contributed by atoms with Crippen LogP contribution in [0.2, 0.25) is 0 Å². The van der Waals surface area contributed by atoms with Gasteiger partial charge in [0.25, 0.3) is 0 Å². The van der Waals surface area contributed by atoms with Crippen LogP contribution in [0.5, 0.6) is 0 Å². The Kier molecular flexibility index (Phi) is 7.41. The van der Waals surface area contributed by atoms with Crippen LogP contribution >= 0.6 is 11.3 Å². The molecule has 4 rings (SSSR count). The largest absolute Gasteiger partial charge is 0.376 e. The summed E-state index contributed by atoms with van der Waals surface area (Å²) in [5, 5.41) is 5.24. The molecule has 1 saturated heterocycles. The lowest BCUT2D eigenvalue weighted by atomic mass is 9.97. The molecule has 5 nitrogen and oxygen atoms in total. The van der Waals surface area contributed by atoms with E-state index in [1.54, 1.807) is 16.2 Å². The Balaban J connectivity index is 1.65. The lowest BCUT2D eigenvalue weighted by molar-refractivity contribution is -0.142. The van der Waals surface area contributed by atoms with Gasteiger partial charge in [0.15, 0.2) is 0 Å². The van der Waals surface area contributed by atoms with Crippen LogP contribution in [0.25, 0.3) is 0 Å². The van der Waals surface area contributed by atoms with Gasteiger partial charge in [-0.1, -0.05) is 43.2 Å². The molecule has 2 aliphatic rings. The van der Waals surface area contributed by atoms with Crippen LogP contribution in [0.3, 0.4) is 0 Å². The first-order chi connectivity index (χ1) is 15.1. The van der Waals surface area contributed by atoms with Gasteiger partial charge < -0.3 is 15.0 Å². The van der Waals surface area contributed by atoms with E-state index in [0.717, 1.165) is 61.1 Å². The topological polar surface area (TPSA) is 58.6 Å². The standard InChI is InChI=1S/C25H32N2O3S/c1-18-8-2-5-13-22(18)24(25(29)26-19-9-3-4-10-19)27(17-20-11-6-14-30-20)23(28)16-21-12-7-15-31-21/h2,5,7-8,12-13,15,19-20,24H,3-4,6,9-11,14,16-17H2,1H3,(H,26,29). The number of hydrogen-bond donors (Lipinski definition) is 1. The Morgan fingerprint density at radius 3 is 2.61 bits per heavy atom. The van der Waals surface area contributed by atoms with E-state index >= 15 is 0 Å². The molecule has 2 amide bonds. The van der Waals surface area contributed by atoms with Gasteiger partial charge in [-0.3, -0.25) is 9.59 Å².